The number of likely N-dealkylation sites (tertiary alicyclic amines) is 1. The molecule has 1 amide bonds. The highest BCUT2D eigenvalue weighted by molar-refractivity contribution is 6.33. The first kappa shape index (κ1) is 28.1. The number of carbonyl (C=O) groups excluding carboxylic acids is 1. The molecule has 2 aliphatic heterocycles. The Labute approximate surface area is 240 Å². The van der Waals surface area contributed by atoms with Crippen LogP contribution in [-0.4, -0.2) is 60.5 Å². The Morgan fingerprint density at radius 2 is 1.88 bits per heavy atom. The number of rotatable bonds is 8. The summed E-state index contributed by atoms with van der Waals surface area (Å²) in [6, 6.07) is 10.7. The largest absolute Gasteiger partial charge is 0.370 e. The second-order valence-corrected chi connectivity index (χ2v) is 11.5. The van der Waals surface area contributed by atoms with Crippen LogP contribution in [-0.2, 0) is 5.41 Å². The standard InChI is InChI=1S/C30H37ClFN7O/c1-30(2)12-7-15-39(17-16-38-13-4-5-14-38)25-18-20(10-11-22(25)30)35-29-34-19-23(31)27(37-29)36-26-21(28(40)33-3)8-6-9-24(26)32/h6,8-11,18-19H,4-5,7,12-17H2,1-3H3,(H,33,40)(H2,34,35,36,37). The number of hydrogen-bond donors (Lipinski definition) is 3. The lowest BCUT2D eigenvalue weighted by Crippen LogP contribution is -2.34. The second-order valence-electron chi connectivity index (χ2n) is 11.1. The number of carbonyl (C=O) groups is 1. The third-order valence-electron chi connectivity index (χ3n) is 7.91. The van der Waals surface area contributed by atoms with Gasteiger partial charge in [-0.15, -0.1) is 0 Å². The lowest BCUT2D eigenvalue weighted by molar-refractivity contribution is 0.0963. The Morgan fingerprint density at radius 1 is 1.07 bits per heavy atom. The van der Waals surface area contributed by atoms with Crippen molar-refractivity contribution in [3.05, 3.63) is 64.6 Å². The Hall–Kier alpha value is -3.43. The molecule has 40 heavy (non-hydrogen) atoms. The number of aromatic nitrogens is 2. The highest BCUT2D eigenvalue weighted by Crippen LogP contribution is 2.40. The van der Waals surface area contributed by atoms with E-state index in [9.17, 15) is 9.18 Å². The first-order chi connectivity index (χ1) is 19.2. The van der Waals surface area contributed by atoms with Crippen LogP contribution in [0.25, 0.3) is 0 Å². The Morgan fingerprint density at radius 3 is 2.65 bits per heavy atom. The van der Waals surface area contributed by atoms with Crippen molar-refractivity contribution in [3.63, 3.8) is 0 Å². The molecule has 212 valence electrons. The fourth-order valence-electron chi connectivity index (χ4n) is 5.65. The lowest BCUT2D eigenvalue weighted by Gasteiger charge is -2.30. The Balaban J connectivity index is 1.41. The molecule has 0 aliphatic carbocycles. The van der Waals surface area contributed by atoms with Gasteiger partial charge in [0.15, 0.2) is 5.82 Å². The van der Waals surface area contributed by atoms with Crippen molar-refractivity contribution in [3.8, 4) is 0 Å². The van der Waals surface area contributed by atoms with Gasteiger partial charge < -0.3 is 25.8 Å². The summed E-state index contributed by atoms with van der Waals surface area (Å²) in [5, 5.41) is 8.93. The van der Waals surface area contributed by atoms with Gasteiger partial charge in [0, 0.05) is 38.1 Å². The van der Waals surface area contributed by atoms with Crippen LogP contribution in [0.1, 0.15) is 55.5 Å². The third-order valence-corrected chi connectivity index (χ3v) is 8.19. The van der Waals surface area contributed by atoms with E-state index in [-0.39, 0.29) is 27.5 Å². The molecule has 8 nitrogen and oxygen atoms in total. The Kier molecular flexibility index (Phi) is 8.42. The molecule has 0 unspecified atom stereocenters. The summed E-state index contributed by atoms with van der Waals surface area (Å²) in [6.07, 6.45) is 6.32. The van der Waals surface area contributed by atoms with Crippen molar-refractivity contribution < 1.29 is 9.18 Å². The smallest absolute Gasteiger partial charge is 0.253 e. The molecular weight excluding hydrogens is 529 g/mol. The maximum absolute atomic E-state index is 14.7. The lowest BCUT2D eigenvalue weighted by atomic mass is 9.80. The molecule has 0 saturated carbocycles. The maximum Gasteiger partial charge on any atom is 0.253 e. The van der Waals surface area contributed by atoms with Gasteiger partial charge in [-0.05, 0) is 74.0 Å². The van der Waals surface area contributed by atoms with Crippen LogP contribution in [0.3, 0.4) is 0 Å². The first-order valence-electron chi connectivity index (χ1n) is 13.9. The average Bonchev–Trinajstić information content (AvgIpc) is 3.42. The number of benzene rings is 2. The van der Waals surface area contributed by atoms with Crippen LogP contribution in [0, 0.1) is 5.82 Å². The molecule has 5 rings (SSSR count). The van der Waals surface area contributed by atoms with Crippen molar-refractivity contribution in [2.45, 2.75) is 44.9 Å². The number of amides is 1. The number of fused-ring (bicyclic) bond motifs is 1. The average molecular weight is 566 g/mol. The van der Waals surface area contributed by atoms with Gasteiger partial charge in [0.2, 0.25) is 5.95 Å². The summed E-state index contributed by atoms with van der Waals surface area (Å²) in [6.45, 7) is 10.1. The number of halogens is 2. The number of nitrogens with zero attached hydrogens (tertiary/aromatic N) is 4. The third kappa shape index (κ3) is 6.15. The molecule has 3 heterocycles. The molecule has 3 N–H and O–H groups in total. The normalized spacial score (nSPS) is 16.8. The van der Waals surface area contributed by atoms with E-state index in [1.54, 1.807) is 0 Å². The molecule has 10 heteroatoms. The van der Waals surface area contributed by atoms with E-state index in [2.05, 4.69) is 67.8 Å². The van der Waals surface area contributed by atoms with Crippen LogP contribution in [0.5, 0.6) is 0 Å². The van der Waals surface area contributed by atoms with E-state index < -0.39 is 11.7 Å². The van der Waals surface area contributed by atoms with E-state index in [1.807, 2.05) is 0 Å². The molecule has 0 radical (unpaired) electrons. The second kappa shape index (κ2) is 12.0. The molecule has 2 aromatic carbocycles. The van der Waals surface area contributed by atoms with Gasteiger partial charge in [0.05, 0.1) is 17.4 Å². The summed E-state index contributed by atoms with van der Waals surface area (Å²) >= 11 is 6.37. The van der Waals surface area contributed by atoms with Gasteiger partial charge in [-0.3, -0.25) is 4.79 Å². The topological polar surface area (TPSA) is 85.4 Å². The summed E-state index contributed by atoms with van der Waals surface area (Å²) in [7, 11) is 1.49. The predicted molar refractivity (Wildman–Crippen MR) is 160 cm³/mol. The van der Waals surface area contributed by atoms with Gasteiger partial charge >= 0.3 is 0 Å². The van der Waals surface area contributed by atoms with Gasteiger partial charge in [0.25, 0.3) is 5.91 Å². The number of hydrogen-bond acceptors (Lipinski definition) is 7. The SMILES string of the molecule is CNC(=O)c1cccc(F)c1Nc1nc(Nc2ccc3c(c2)N(CCN2CCCC2)CCCC3(C)C)ncc1Cl. The maximum atomic E-state index is 14.7. The molecule has 0 atom stereocenters. The van der Waals surface area contributed by atoms with Gasteiger partial charge in [0.1, 0.15) is 10.8 Å². The number of para-hydroxylation sites is 1. The van der Waals surface area contributed by atoms with Gasteiger partial charge in [-0.25, -0.2) is 9.37 Å². The molecule has 1 aromatic heterocycles. The summed E-state index contributed by atoms with van der Waals surface area (Å²) in [4.78, 5) is 26.2. The fourth-order valence-corrected chi connectivity index (χ4v) is 5.79. The van der Waals surface area contributed by atoms with Crippen molar-refractivity contribution in [2.24, 2.45) is 0 Å². The highest BCUT2D eigenvalue weighted by Gasteiger charge is 2.29. The van der Waals surface area contributed by atoms with E-state index in [4.69, 9.17) is 11.6 Å². The van der Waals surface area contributed by atoms with Crippen LogP contribution >= 0.6 is 11.6 Å². The molecule has 0 bridgehead atoms. The zero-order valence-corrected chi connectivity index (χ0v) is 24.1. The van der Waals surface area contributed by atoms with E-state index in [0.29, 0.717) is 5.95 Å². The minimum Gasteiger partial charge on any atom is -0.370 e. The van der Waals surface area contributed by atoms with Gasteiger partial charge in [-0.1, -0.05) is 37.6 Å². The van der Waals surface area contributed by atoms with Crippen molar-refractivity contribution in [2.75, 3.05) is 55.3 Å². The van der Waals surface area contributed by atoms with E-state index >= 15 is 0 Å². The van der Waals surface area contributed by atoms with E-state index in [1.165, 1.54) is 68.6 Å². The number of nitrogens with one attached hydrogen (secondary N) is 3. The van der Waals surface area contributed by atoms with Crippen LogP contribution in [0.15, 0.2) is 42.6 Å². The molecule has 3 aromatic rings. The zero-order valence-electron chi connectivity index (χ0n) is 23.4. The fraction of sp³-hybridized carbons (Fsp3) is 0.433. The quantitative estimate of drug-likeness (QED) is 0.305. The summed E-state index contributed by atoms with van der Waals surface area (Å²) < 4.78 is 14.7. The van der Waals surface area contributed by atoms with Crippen molar-refractivity contribution >= 4 is 46.3 Å². The monoisotopic (exact) mass is 565 g/mol. The van der Waals surface area contributed by atoms with Crippen molar-refractivity contribution in [1.82, 2.24) is 20.2 Å². The van der Waals surface area contributed by atoms with Gasteiger partial charge in [-0.2, -0.15) is 4.98 Å². The Bertz CT molecular complexity index is 1380. The van der Waals surface area contributed by atoms with Crippen LogP contribution in [0.2, 0.25) is 5.02 Å². The molecule has 1 fully saturated rings. The number of anilines is 5. The summed E-state index contributed by atoms with van der Waals surface area (Å²) in [5.41, 5.74) is 3.65. The van der Waals surface area contributed by atoms with Crippen LogP contribution < -0.4 is 20.9 Å². The molecule has 2 aliphatic rings. The van der Waals surface area contributed by atoms with Crippen LogP contribution in [0.4, 0.5) is 33.2 Å². The molecule has 0 spiro atoms. The van der Waals surface area contributed by atoms with E-state index in [0.717, 1.165) is 38.2 Å². The predicted octanol–water partition coefficient (Wildman–Crippen LogP) is 6.09. The van der Waals surface area contributed by atoms with Crippen molar-refractivity contribution in [1.29, 1.82) is 0 Å². The molecule has 1 saturated heterocycles. The highest BCUT2D eigenvalue weighted by atomic mass is 35.5. The molecular formula is C30H37ClFN7O. The minimum absolute atomic E-state index is 0.00527. The minimum atomic E-state index is -0.590. The first-order valence-corrected chi connectivity index (χ1v) is 14.3. The zero-order chi connectivity index (χ0) is 28.3. The summed E-state index contributed by atoms with van der Waals surface area (Å²) in [5.74, 6) is -0.515.